The van der Waals surface area contributed by atoms with Crippen LogP contribution in [0.15, 0.2) is 29.3 Å². The summed E-state index contributed by atoms with van der Waals surface area (Å²) in [6.07, 6.45) is 2.67. The highest BCUT2D eigenvalue weighted by atomic mass is 19.1. The zero-order valence-electron chi connectivity index (χ0n) is 9.38. The van der Waals surface area contributed by atoms with Gasteiger partial charge in [-0.1, -0.05) is 0 Å². The van der Waals surface area contributed by atoms with Gasteiger partial charge in [-0.2, -0.15) is 5.10 Å². The number of aryl methyl sites for hydroxylation is 1. The van der Waals surface area contributed by atoms with Crippen LogP contribution in [-0.2, 0) is 0 Å². The minimum Gasteiger partial charge on any atom is -0.250 e. The highest BCUT2D eigenvalue weighted by Gasteiger charge is 2.07. The molecule has 7 heteroatoms. The minimum atomic E-state index is -0.458. The molecule has 0 saturated heterocycles. The Morgan fingerprint density at radius 1 is 1.39 bits per heavy atom. The molecule has 0 fully saturated rings. The van der Waals surface area contributed by atoms with Crippen LogP contribution in [0, 0.1) is 12.7 Å². The predicted octanol–water partition coefficient (Wildman–Crippen LogP) is 0.927. The van der Waals surface area contributed by atoms with Crippen molar-refractivity contribution in [3.8, 4) is 11.4 Å². The predicted molar refractivity (Wildman–Crippen MR) is 61.5 cm³/mol. The Kier molecular flexibility index (Phi) is 2.19. The van der Waals surface area contributed by atoms with Crippen molar-refractivity contribution in [2.45, 2.75) is 6.92 Å². The summed E-state index contributed by atoms with van der Waals surface area (Å²) in [4.78, 5) is 19.4. The number of pyridine rings is 1. The molecule has 0 amide bonds. The summed E-state index contributed by atoms with van der Waals surface area (Å²) in [7, 11) is 0. The lowest BCUT2D eigenvalue weighted by Gasteiger charge is -2.02. The number of H-pyrrole nitrogens is 1. The molecule has 6 nitrogen and oxygen atoms in total. The van der Waals surface area contributed by atoms with Gasteiger partial charge in [0, 0.05) is 11.8 Å². The molecular weight excluding hydrogens is 237 g/mol. The first-order valence-corrected chi connectivity index (χ1v) is 5.21. The summed E-state index contributed by atoms with van der Waals surface area (Å²) in [6.45, 7) is 1.56. The molecule has 3 aromatic rings. The normalized spacial score (nSPS) is 11.0. The lowest BCUT2D eigenvalue weighted by atomic mass is 10.2. The molecule has 3 rings (SSSR count). The molecule has 0 radical (unpaired) electrons. The Labute approximate surface area is 100 Å². The Hall–Kier alpha value is -2.57. The van der Waals surface area contributed by atoms with Crippen molar-refractivity contribution in [2.24, 2.45) is 0 Å². The van der Waals surface area contributed by atoms with Gasteiger partial charge in [-0.05, 0) is 19.1 Å². The van der Waals surface area contributed by atoms with Gasteiger partial charge < -0.3 is 0 Å². The Morgan fingerprint density at radius 2 is 2.22 bits per heavy atom. The topological polar surface area (TPSA) is 75.9 Å². The van der Waals surface area contributed by atoms with E-state index in [0.717, 1.165) is 6.20 Å². The lowest BCUT2D eigenvalue weighted by Crippen LogP contribution is -2.09. The number of nitrogens with zero attached hydrogens (tertiary/aromatic N) is 4. The number of aromatic nitrogens is 5. The average Bonchev–Trinajstić information content (AvgIpc) is 2.74. The number of hydrogen-bond donors (Lipinski definition) is 1. The average molecular weight is 245 g/mol. The van der Waals surface area contributed by atoms with E-state index in [-0.39, 0.29) is 11.4 Å². The molecule has 0 aliphatic rings. The second kappa shape index (κ2) is 3.73. The maximum absolute atomic E-state index is 13.1. The molecule has 0 saturated carbocycles. The third-order valence-electron chi connectivity index (χ3n) is 2.59. The van der Waals surface area contributed by atoms with Gasteiger partial charge in [-0.25, -0.2) is 28.7 Å². The molecule has 90 valence electrons. The summed E-state index contributed by atoms with van der Waals surface area (Å²) < 4.78 is 14.4. The maximum Gasteiger partial charge on any atom is 0.347 e. The van der Waals surface area contributed by atoms with Gasteiger partial charge in [-0.15, -0.1) is 0 Å². The third kappa shape index (κ3) is 1.56. The van der Waals surface area contributed by atoms with E-state index in [1.807, 2.05) is 0 Å². The Morgan fingerprint density at radius 3 is 3.00 bits per heavy atom. The number of hydrogen-bond acceptors (Lipinski definition) is 4. The van der Waals surface area contributed by atoms with Crippen LogP contribution in [0.4, 0.5) is 4.39 Å². The van der Waals surface area contributed by atoms with Gasteiger partial charge in [0.05, 0.1) is 11.9 Å². The van der Waals surface area contributed by atoms with E-state index in [0.29, 0.717) is 17.0 Å². The van der Waals surface area contributed by atoms with E-state index in [2.05, 4.69) is 20.2 Å². The summed E-state index contributed by atoms with van der Waals surface area (Å²) in [5.41, 5.74) is 1.04. The number of aromatic amines is 1. The van der Waals surface area contributed by atoms with E-state index < -0.39 is 5.82 Å². The maximum atomic E-state index is 13.1. The molecule has 0 aliphatic carbocycles. The molecule has 0 bridgehead atoms. The van der Waals surface area contributed by atoms with Gasteiger partial charge in [0.2, 0.25) is 0 Å². The molecule has 3 heterocycles. The first kappa shape index (κ1) is 10.6. The summed E-state index contributed by atoms with van der Waals surface area (Å²) in [5, 5.41) is 6.14. The van der Waals surface area contributed by atoms with Gasteiger partial charge in [0.25, 0.3) is 0 Å². The van der Waals surface area contributed by atoms with Crippen LogP contribution < -0.4 is 5.69 Å². The first-order chi connectivity index (χ1) is 8.65. The van der Waals surface area contributed by atoms with Crippen LogP contribution >= 0.6 is 0 Å². The fraction of sp³-hybridized carbons (Fsp3) is 0.0909. The van der Waals surface area contributed by atoms with Gasteiger partial charge >= 0.3 is 5.69 Å². The smallest absolute Gasteiger partial charge is 0.250 e. The van der Waals surface area contributed by atoms with Crippen molar-refractivity contribution in [2.75, 3.05) is 0 Å². The molecule has 0 spiro atoms. The van der Waals surface area contributed by atoms with Crippen LogP contribution in [-0.4, -0.2) is 24.6 Å². The molecule has 0 unspecified atom stereocenters. The van der Waals surface area contributed by atoms with Crippen LogP contribution in [0.3, 0.4) is 0 Å². The van der Waals surface area contributed by atoms with Crippen molar-refractivity contribution in [3.05, 3.63) is 46.5 Å². The summed E-state index contributed by atoms with van der Waals surface area (Å²) in [6, 6.07) is 3.39. The number of halogens is 1. The first-order valence-electron chi connectivity index (χ1n) is 5.21. The quantitative estimate of drug-likeness (QED) is 0.691. The van der Waals surface area contributed by atoms with E-state index in [1.165, 1.54) is 4.40 Å². The van der Waals surface area contributed by atoms with Crippen LogP contribution in [0.1, 0.15) is 5.69 Å². The van der Waals surface area contributed by atoms with Gasteiger partial charge in [-0.3, -0.25) is 0 Å². The van der Waals surface area contributed by atoms with Crippen LogP contribution in [0.25, 0.3) is 17.0 Å². The van der Waals surface area contributed by atoms with Crippen molar-refractivity contribution in [1.29, 1.82) is 0 Å². The van der Waals surface area contributed by atoms with Crippen molar-refractivity contribution < 1.29 is 4.39 Å². The summed E-state index contributed by atoms with van der Waals surface area (Å²) in [5.74, 6) is -0.0933. The van der Waals surface area contributed by atoms with Crippen molar-refractivity contribution >= 4 is 5.65 Å². The molecule has 0 aliphatic heterocycles. The lowest BCUT2D eigenvalue weighted by molar-refractivity contribution is 0.602. The van der Waals surface area contributed by atoms with Crippen molar-refractivity contribution in [3.63, 3.8) is 0 Å². The van der Waals surface area contributed by atoms with E-state index >= 15 is 0 Å². The minimum absolute atomic E-state index is 0.264. The van der Waals surface area contributed by atoms with E-state index in [4.69, 9.17) is 0 Å². The SMILES string of the molecule is Cc1nc(-c2ccc3n[nH]c(=O)n3c2)ncc1F. The second-order valence-electron chi connectivity index (χ2n) is 3.80. The van der Waals surface area contributed by atoms with E-state index in [1.54, 1.807) is 25.3 Å². The van der Waals surface area contributed by atoms with Crippen molar-refractivity contribution in [1.82, 2.24) is 24.6 Å². The number of fused-ring (bicyclic) bond motifs is 1. The fourth-order valence-corrected chi connectivity index (χ4v) is 1.63. The highest BCUT2D eigenvalue weighted by Crippen LogP contribution is 2.15. The molecule has 0 atom stereocenters. The molecular formula is C11H8FN5O. The van der Waals surface area contributed by atoms with Crippen LogP contribution in [0.2, 0.25) is 0 Å². The zero-order chi connectivity index (χ0) is 12.7. The highest BCUT2D eigenvalue weighted by molar-refractivity contribution is 5.57. The zero-order valence-corrected chi connectivity index (χ0v) is 9.38. The fourth-order valence-electron chi connectivity index (χ4n) is 1.63. The van der Waals surface area contributed by atoms with Crippen LogP contribution in [0.5, 0.6) is 0 Å². The van der Waals surface area contributed by atoms with Gasteiger partial charge in [0.15, 0.2) is 17.3 Å². The number of rotatable bonds is 1. The monoisotopic (exact) mass is 245 g/mol. The molecule has 0 aromatic carbocycles. The molecule has 3 aromatic heterocycles. The second-order valence-corrected chi connectivity index (χ2v) is 3.80. The number of nitrogens with one attached hydrogen (secondary N) is 1. The van der Waals surface area contributed by atoms with Gasteiger partial charge in [0.1, 0.15) is 0 Å². The standard InChI is InChI=1S/C11H8FN5O/c1-6-8(12)4-13-10(14-6)7-2-3-9-15-16-11(18)17(9)5-7/h2-5H,1H3,(H,16,18). The largest absolute Gasteiger partial charge is 0.347 e. The molecule has 18 heavy (non-hydrogen) atoms. The Balaban J connectivity index is 2.21. The summed E-state index contributed by atoms with van der Waals surface area (Å²) >= 11 is 0. The third-order valence-corrected chi connectivity index (χ3v) is 2.59. The molecule has 1 N–H and O–H groups in total. The Bertz CT molecular complexity index is 791. The van der Waals surface area contributed by atoms with E-state index in [9.17, 15) is 9.18 Å².